The van der Waals surface area contributed by atoms with Crippen molar-refractivity contribution in [1.82, 2.24) is 5.32 Å². The summed E-state index contributed by atoms with van der Waals surface area (Å²) in [7, 11) is 0. The van der Waals surface area contributed by atoms with Crippen LogP contribution < -0.4 is 16.0 Å². The van der Waals surface area contributed by atoms with E-state index in [0.29, 0.717) is 28.0 Å². The van der Waals surface area contributed by atoms with E-state index < -0.39 is 0 Å². The fourth-order valence-corrected chi connectivity index (χ4v) is 2.68. The van der Waals surface area contributed by atoms with Crippen LogP contribution in [0.25, 0.3) is 0 Å². The third-order valence-electron chi connectivity index (χ3n) is 3.89. The van der Waals surface area contributed by atoms with Crippen molar-refractivity contribution in [2.45, 2.75) is 25.8 Å². The third kappa shape index (κ3) is 4.97. The molecule has 2 aromatic carbocycles. The summed E-state index contributed by atoms with van der Waals surface area (Å²) in [6.07, 6.45) is 2.07. The molecule has 1 saturated carbocycles. The van der Waals surface area contributed by atoms with Crippen LogP contribution in [0.1, 0.15) is 28.8 Å². The molecule has 0 radical (unpaired) electrons. The zero-order valence-corrected chi connectivity index (χ0v) is 14.7. The molecular formula is C19H20ClN3O2. The van der Waals surface area contributed by atoms with Crippen molar-refractivity contribution < 1.29 is 9.59 Å². The predicted octanol–water partition coefficient (Wildman–Crippen LogP) is 3.59. The lowest BCUT2D eigenvalue weighted by molar-refractivity contribution is -0.114. The van der Waals surface area contributed by atoms with Gasteiger partial charge in [0.1, 0.15) is 0 Å². The molecule has 2 amide bonds. The number of aryl methyl sites for hydroxylation is 1. The van der Waals surface area contributed by atoms with Crippen molar-refractivity contribution in [2.75, 3.05) is 17.2 Å². The molecule has 5 nitrogen and oxygen atoms in total. The van der Waals surface area contributed by atoms with Crippen LogP contribution in [-0.4, -0.2) is 24.4 Å². The average Bonchev–Trinajstić information content (AvgIpc) is 3.38. The van der Waals surface area contributed by atoms with Crippen molar-refractivity contribution in [1.29, 1.82) is 0 Å². The molecule has 25 heavy (non-hydrogen) atoms. The Bertz CT molecular complexity index is 803. The number of benzene rings is 2. The molecule has 0 heterocycles. The SMILES string of the molecule is Cc1ccc(NCC(=O)Nc2cccc(C(=O)NC3CC3)c2)c(Cl)c1. The standard InChI is InChI=1S/C19H20ClN3O2/c1-12-5-8-17(16(20)9-12)21-11-18(24)22-15-4-2-3-13(10-15)19(25)23-14-6-7-14/h2-5,8-10,14,21H,6-7,11H2,1H3,(H,22,24)(H,23,25). The summed E-state index contributed by atoms with van der Waals surface area (Å²) in [5, 5.41) is 9.30. The van der Waals surface area contributed by atoms with Gasteiger partial charge in [0, 0.05) is 17.3 Å². The highest BCUT2D eigenvalue weighted by molar-refractivity contribution is 6.33. The van der Waals surface area contributed by atoms with Crippen LogP contribution in [0.2, 0.25) is 5.02 Å². The van der Waals surface area contributed by atoms with Crippen molar-refractivity contribution in [3.63, 3.8) is 0 Å². The van der Waals surface area contributed by atoms with Crippen LogP contribution in [0.3, 0.4) is 0 Å². The number of carbonyl (C=O) groups is 2. The van der Waals surface area contributed by atoms with Gasteiger partial charge in [-0.25, -0.2) is 0 Å². The van der Waals surface area contributed by atoms with Gasteiger partial charge in [-0.1, -0.05) is 23.7 Å². The molecule has 3 rings (SSSR count). The lowest BCUT2D eigenvalue weighted by Crippen LogP contribution is -2.26. The number of rotatable bonds is 6. The predicted molar refractivity (Wildman–Crippen MR) is 100 cm³/mol. The maximum Gasteiger partial charge on any atom is 0.251 e. The third-order valence-corrected chi connectivity index (χ3v) is 4.20. The van der Waals surface area contributed by atoms with E-state index in [-0.39, 0.29) is 18.4 Å². The second-order valence-electron chi connectivity index (χ2n) is 6.21. The van der Waals surface area contributed by atoms with Crippen molar-refractivity contribution >= 4 is 34.8 Å². The zero-order valence-electron chi connectivity index (χ0n) is 13.9. The second-order valence-corrected chi connectivity index (χ2v) is 6.62. The minimum Gasteiger partial charge on any atom is -0.375 e. The van der Waals surface area contributed by atoms with E-state index in [1.54, 1.807) is 24.3 Å². The first-order chi connectivity index (χ1) is 12.0. The molecule has 0 unspecified atom stereocenters. The summed E-state index contributed by atoms with van der Waals surface area (Å²) >= 11 is 6.14. The van der Waals surface area contributed by atoms with Crippen LogP contribution in [0.15, 0.2) is 42.5 Å². The molecule has 6 heteroatoms. The van der Waals surface area contributed by atoms with Gasteiger partial charge in [-0.3, -0.25) is 9.59 Å². The Morgan fingerprint density at radius 2 is 1.96 bits per heavy atom. The molecule has 1 fully saturated rings. The van der Waals surface area contributed by atoms with Gasteiger partial charge < -0.3 is 16.0 Å². The molecule has 0 aromatic heterocycles. The van der Waals surface area contributed by atoms with Gasteiger partial charge in [-0.2, -0.15) is 0 Å². The molecule has 1 aliphatic rings. The minimum atomic E-state index is -0.212. The Morgan fingerprint density at radius 3 is 2.68 bits per heavy atom. The molecule has 0 spiro atoms. The molecule has 3 N–H and O–H groups in total. The Morgan fingerprint density at radius 1 is 1.16 bits per heavy atom. The first-order valence-corrected chi connectivity index (χ1v) is 8.60. The molecule has 130 valence electrons. The van der Waals surface area contributed by atoms with Crippen LogP contribution in [0.4, 0.5) is 11.4 Å². The summed E-state index contributed by atoms with van der Waals surface area (Å²) in [6, 6.07) is 12.8. The van der Waals surface area contributed by atoms with Crippen molar-refractivity contribution in [3.05, 3.63) is 58.6 Å². The van der Waals surface area contributed by atoms with Crippen molar-refractivity contribution in [3.8, 4) is 0 Å². The maximum absolute atomic E-state index is 12.1. The van der Waals surface area contributed by atoms with Crippen LogP contribution >= 0.6 is 11.6 Å². The highest BCUT2D eigenvalue weighted by Crippen LogP contribution is 2.22. The Labute approximate surface area is 151 Å². The average molecular weight is 358 g/mol. The molecule has 1 aliphatic carbocycles. The number of hydrogen-bond donors (Lipinski definition) is 3. The van der Waals surface area contributed by atoms with Crippen LogP contribution in [0, 0.1) is 6.92 Å². The smallest absolute Gasteiger partial charge is 0.251 e. The van der Waals surface area contributed by atoms with Gasteiger partial charge in [-0.05, 0) is 55.7 Å². The van der Waals surface area contributed by atoms with Gasteiger partial charge in [0.2, 0.25) is 5.91 Å². The lowest BCUT2D eigenvalue weighted by atomic mass is 10.2. The number of anilines is 2. The second kappa shape index (κ2) is 7.57. The van der Waals surface area contributed by atoms with Gasteiger partial charge in [-0.15, -0.1) is 0 Å². The highest BCUT2D eigenvalue weighted by Gasteiger charge is 2.23. The highest BCUT2D eigenvalue weighted by atomic mass is 35.5. The number of carbonyl (C=O) groups excluding carboxylic acids is 2. The molecule has 0 bridgehead atoms. The Balaban J connectivity index is 1.56. The van der Waals surface area contributed by atoms with E-state index in [1.807, 2.05) is 25.1 Å². The number of hydrogen-bond acceptors (Lipinski definition) is 3. The van der Waals surface area contributed by atoms with E-state index in [1.165, 1.54) is 0 Å². The van der Waals surface area contributed by atoms with E-state index in [4.69, 9.17) is 11.6 Å². The largest absolute Gasteiger partial charge is 0.375 e. The van der Waals surface area contributed by atoms with Crippen LogP contribution in [-0.2, 0) is 4.79 Å². The summed E-state index contributed by atoms with van der Waals surface area (Å²) < 4.78 is 0. The number of halogens is 1. The van der Waals surface area contributed by atoms with E-state index in [2.05, 4.69) is 16.0 Å². The topological polar surface area (TPSA) is 70.2 Å². The molecule has 0 atom stereocenters. The monoisotopic (exact) mass is 357 g/mol. The molecule has 0 saturated heterocycles. The quantitative estimate of drug-likeness (QED) is 0.740. The lowest BCUT2D eigenvalue weighted by Gasteiger charge is -2.10. The summed E-state index contributed by atoms with van der Waals surface area (Å²) in [4.78, 5) is 24.2. The Hall–Kier alpha value is -2.53. The zero-order chi connectivity index (χ0) is 17.8. The first-order valence-electron chi connectivity index (χ1n) is 8.22. The van der Waals surface area contributed by atoms with E-state index in [0.717, 1.165) is 18.4 Å². The number of nitrogens with one attached hydrogen (secondary N) is 3. The van der Waals surface area contributed by atoms with E-state index >= 15 is 0 Å². The van der Waals surface area contributed by atoms with Gasteiger partial charge in [0.25, 0.3) is 5.91 Å². The summed E-state index contributed by atoms with van der Waals surface area (Å²) in [6.45, 7) is 2.04. The molecule has 0 aliphatic heterocycles. The van der Waals surface area contributed by atoms with E-state index in [9.17, 15) is 9.59 Å². The van der Waals surface area contributed by atoms with Crippen LogP contribution in [0.5, 0.6) is 0 Å². The van der Waals surface area contributed by atoms with Gasteiger partial charge in [0.05, 0.1) is 17.3 Å². The molecular weight excluding hydrogens is 338 g/mol. The minimum absolute atomic E-state index is 0.0846. The fraction of sp³-hybridized carbons (Fsp3) is 0.263. The molecule has 2 aromatic rings. The maximum atomic E-state index is 12.1. The first kappa shape index (κ1) is 17.3. The van der Waals surface area contributed by atoms with Gasteiger partial charge in [0.15, 0.2) is 0 Å². The number of amides is 2. The summed E-state index contributed by atoms with van der Waals surface area (Å²) in [5.41, 5.74) is 2.89. The van der Waals surface area contributed by atoms with Crippen molar-refractivity contribution in [2.24, 2.45) is 0 Å². The van der Waals surface area contributed by atoms with Gasteiger partial charge >= 0.3 is 0 Å². The summed E-state index contributed by atoms with van der Waals surface area (Å²) in [5.74, 6) is -0.320. The fourth-order valence-electron chi connectivity index (χ4n) is 2.38. The normalized spacial score (nSPS) is 13.2. The Kier molecular flexibility index (Phi) is 5.24.